The van der Waals surface area contributed by atoms with E-state index in [0.717, 1.165) is 17.6 Å². The molecule has 3 atom stereocenters. The first-order valence-electron chi connectivity index (χ1n) is 23.5. The zero-order chi connectivity index (χ0) is 59.9. The molecular formula is C51H50N14O15S. The lowest BCUT2D eigenvalue weighted by Crippen LogP contribution is -2.52. The molecule has 0 aromatic carbocycles. The Bertz CT molecular complexity index is 3610. The predicted molar refractivity (Wildman–Crippen MR) is 284 cm³/mol. The molecule has 81 heavy (non-hydrogen) atoms. The van der Waals surface area contributed by atoms with E-state index in [2.05, 4.69) is 107 Å². The van der Waals surface area contributed by atoms with Crippen LogP contribution in [0.2, 0.25) is 0 Å². The van der Waals surface area contributed by atoms with Crippen molar-refractivity contribution in [1.29, 1.82) is 0 Å². The number of aromatic nitrogens is 5. The maximum absolute atomic E-state index is 13.8. The van der Waals surface area contributed by atoms with Gasteiger partial charge in [0, 0.05) is 10.9 Å². The number of amides is 9. The summed E-state index contributed by atoms with van der Waals surface area (Å²) < 4.78 is 16.9. The van der Waals surface area contributed by atoms with Gasteiger partial charge in [-0.25, -0.2) is 29.7 Å². The summed E-state index contributed by atoms with van der Waals surface area (Å²) in [6, 6.07) is -0.414. The minimum Gasteiger partial charge on any atom is -0.477 e. The van der Waals surface area contributed by atoms with E-state index in [1.807, 2.05) is 5.32 Å². The Hall–Kier alpha value is -10.8. The van der Waals surface area contributed by atoms with Crippen LogP contribution < -0.4 is 47.9 Å². The molecule has 0 saturated heterocycles. The Labute approximate surface area is 462 Å². The van der Waals surface area contributed by atoms with Crippen LogP contribution in [0, 0.1) is 19.8 Å². The third-order valence-corrected chi connectivity index (χ3v) is 12.0. The number of carboxylic acid groups (broad SMARTS) is 1. The van der Waals surface area contributed by atoms with E-state index in [-0.39, 0.29) is 91.0 Å². The summed E-state index contributed by atoms with van der Waals surface area (Å²) in [5, 5.41) is 42.2. The summed E-state index contributed by atoms with van der Waals surface area (Å²) in [6.07, 6.45) is 0.857. The molecule has 0 fully saturated rings. The van der Waals surface area contributed by atoms with Crippen LogP contribution in [-0.2, 0) is 28.8 Å². The highest BCUT2D eigenvalue weighted by atomic mass is 32.1. The monoisotopic (exact) mass is 1130 g/mol. The van der Waals surface area contributed by atoms with Crippen molar-refractivity contribution >= 4 is 87.6 Å². The van der Waals surface area contributed by atoms with E-state index in [0.29, 0.717) is 0 Å². The fourth-order valence-corrected chi connectivity index (χ4v) is 7.68. The van der Waals surface area contributed by atoms with Gasteiger partial charge < -0.3 is 71.3 Å². The molecule has 0 radical (unpaired) electrons. The third-order valence-electron chi connectivity index (χ3n) is 11.1. The van der Waals surface area contributed by atoms with Gasteiger partial charge in [-0.3, -0.25) is 43.2 Å². The maximum Gasteiger partial charge on any atom is 0.351 e. The van der Waals surface area contributed by atoms with Crippen molar-refractivity contribution in [1.82, 2.24) is 72.8 Å². The lowest BCUT2D eigenvalue weighted by molar-refractivity contribution is -0.134. The first-order valence-corrected chi connectivity index (χ1v) is 24.4. The highest BCUT2D eigenvalue weighted by Crippen LogP contribution is 2.33. The molecule has 0 unspecified atom stereocenters. The molecule has 9 amide bonds. The van der Waals surface area contributed by atoms with Crippen molar-refractivity contribution in [3.05, 3.63) is 144 Å². The minimum absolute atomic E-state index is 0.0582. The summed E-state index contributed by atoms with van der Waals surface area (Å²) in [4.78, 5) is 153. The number of thiazole rings is 1. The normalized spacial score (nSPS) is 17.2. The standard InChI is InChI=1S/C51H50N14O15S/c1-13-29-49-65-36(27(12)80-49)46(75)54-21(6)40(69)62-33(18(2)3)43(72)56-23(8)48-64-35(26(11)79-48)45(74)53-20(5)38(67)55-22(7)47-60-31(16-78-47)37-28(50-61-32(17-81-50)42(71)63-34(25(10)66)44(73)59-29)14-15-30(58-37)41(70)52-19(4)39(68)57-24(9)51(76)77/h13-18,25,33-34,66H,4-9H2,1-3,10-12H3,(H,52,70)(H,53,74)(H,54,75)(H,55,67)(H,56,72)(H,57,68)(H,59,73)(H,62,69)(H,63,71)(H,76,77)/b29-13-/t25-,33+,34+/m1/s1. The van der Waals surface area contributed by atoms with Crippen LogP contribution in [0.4, 0.5) is 0 Å². The molecule has 420 valence electrons. The van der Waals surface area contributed by atoms with Crippen molar-refractivity contribution in [2.75, 3.05) is 0 Å². The minimum atomic E-state index is -1.66. The highest BCUT2D eigenvalue weighted by molar-refractivity contribution is 7.13. The van der Waals surface area contributed by atoms with Crippen LogP contribution in [0.15, 0.2) is 105 Å². The SMILES string of the molecule is C=C(NC(=O)C(=C)NC(=O)c1ccc2c(n1)-c1coc(n1)C(=C)NC(=O)C(=C)NC(=O)c1nc(oc1C)C(=C)NC(=O)[C@H](C(C)C)NC(=O)C(=C)NC(=O)c1nc(oc1C)/C(=C/C)NC(=O)[C@H]([C@@H](C)O)NC(=O)c1csc-2n1)C(=O)O. The number of oxazole rings is 3. The number of nitrogens with one attached hydrogen (secondary N) is 9. The molecule has 6 rings (SSSR count). The topological polar surface area (TPSA) is 423 Å². The first-order chi connectivity index (χ1) is 38.1. The van der Waals surface area contributed by atoms with Gasteiger partial charge in [-0.2, -0.15) is 0 Å². The number of hydrogen-bond acceptors (Lipinski definition) is 20. The number of aryl methyl sites for hydroxylation is 2. The molecule has 5 aromatic rings. The highest BCUT2D eigenvalue weighted by Gasteiger charge is 2.32. The maximum atomic E-state index is 13.8. The number of pyridine rings is 1. The number of nitrogens with zero attached hydrogens (tertiary/aromatic N) is 5. The average Bonchev–Trinajstić information content (AvgIpc) is 4.35. The fraction of sp³-hybridized carbons (Fsp3) is 0.196. The van der Waals surface area contributed by atoms with E-state index >= 15 is 0 Å². The molecule has 1 aliphatic heterocycles. The first kappa shape index (κ1) is 59.5. The second-order valence-corrected chi connectivity index (χ2v) is 18.4. The Morgan fingerprint density at radius 3 is 1.83 bits per heavy atom. The van der Waals surface area contributed by atoms with Crippen LogP contribution >= 0.6 is 11.3 Å². The predicted octanol–water partition coefficient (Wildman–Crippen LogP) is 1.58. The van der Waals surface area contributed by atoms with Crippen molar-refractivity contribution in [3.8, 4) is 22.0 Å². The van der Waals surface area contributed by atoms with E-state index in [4.69, 9.17) is 18.4 Å². The average molecular weight is 1130 g/mol. The van der Waals surface area contributed by atoms with Gasteiger partial charge in [0.2, 0.25) is 29.5 Å². The van der Waals surface area contributed by atoms with Crippen LogP contribution in [0.25, 0.3) is 39.1 Å². The molecule has 29 nitrogen and oxygen atoms in total. The zero-order valence-corrected chi connectivity index (χ0v) is 44.6. The number of rotatable bonds is 7. The molecule has 30 heteroatoms. The van der Waals surface area contributed by atoms with Gasteiger partial charge in [-0.15, -0.1) is 11.3 Å². The quantitative estimate of drug-likeness (QED) is 0.103. The van der Waals surface area contributed by atoms with E-state index in [1.165, 1.54) is 51.3 Å². The van der Waals surface area contributed by atoms with Crippen LogP contribution in [-0.4, -0.2) is 112 Å². The van der Waals surface area contributed by atoms with Crippen molar-refractivity contribution < 1.29 is 71.4 Å². The lowest BCUT2D eigenvalue weighted by atomic mass is 10.0. The van der Waals surface area contributed by atoms with Gasteiger partial charge in [0.15, 0.2) is 11.4 Å². The Morgan fingerprint density at radius 1 is 0.654 bits per heavy atom. The summed E-state index contributed by atoms with van der Waals surface area (Å²) in [5.41, 5.74) is -4.57. The smallest absolute Gasteiger partial charge is 0.351 e. The molecular weight excluding hydrogens is 1080 g/mol. The van der Waals surface area contributed by atoms with Gasteiger partial charge in [0.1, 0.15) is 63.3 Å². The third kappa shape index (κ3) is 13.9. The Kier molecular flexibility index (Phi) is 18.2. The van der Waals surface area contributed by atoms with E-state index in [1.54, 1.807) is 13.8 Å². The number of carbonyl (C=O) groups is 10. The van der Waals surface area contributed by atoms with Crippen molar-refractivity contribution in [2.24, 2.45) is 5.92 Å². The molecule has 0 aliphatic carbocycles. The van der Waals surface area contributed by atoms with Crippen molar-refractivity contribution in [3.63, 3.8) is 0 Å². The molecule has 0 spiro atoms. The van der Waals surface area contributed by atoms with E-state index in [9.17, 15) is 53.1 Å². The van der Waals surface area contributed by atoms with Gasteiger partial charge in [-0.05, 0) is 45.7 Å². The summed E-state index contributed by atoms with van der Waals surface area (Å²) in [7, 11) is 0. The summed E-state index contributed by atoms with van der Waals surface area (Å²) in [6.45, 7) is 30.0. The lowest BCUT2D eigenvalue weighted by Gasteiger charge is -2.22. The molecule has 1 aliphatic rings. The summed E-state index contributed by atoms with van der Waals surface area (Å²) in [5.74, 6) is -12.1. The van der Waals surface area contributed by atoms with Gasteiger partial charge in [-0.1, -0.05) is 59.4 Å². The van der Waals surface area contributed by atoms with Crippen LogP contribution in [0.3, 0.4) is 0 Å². The largest absolute Gasteiger partial charge is 0.477 e. The van der Waals surface area contributed by atoms with Crippen LogP contribution in [0.5, 0.6) is 0 Å². The second-order valence-electron chi connectivity index (χ2n) is 17.5. The number of fused-ring (bicyclic) bond motifs is 11. The number of aliphatic hydroxyl groups is 1. The molecule has 8 bridgehead atoms. The number of aliphatic hydroxyl groups excluding tert-OH is 1. The van der Waals surface area contributed by atoms with E-state index < -0.39 is 106 Å². The molecule has 5 aromatic heterocycles. The fourth-order valence-electron chi connectivity index (χ4n) is 6.85. The van der Waals surface area contributed by atoms with Gasteiger partial charge in [0.05, 0.1) is 40.3 Å². The summed E-state index contributed by atoms with van der Waals surface area (Å²) >= 11 is 0.884. The number of aliphatic carboxylic acids is 1. The van der Waals surface area contributed by atoms with Gasteiger partial charge >= 0.3 is 5.97 Å². The number of allylic oxidation sites excluding steroid dienone is 1. The molecule has 11 N–H and O–H groups in total. The Morgan fingerprint density at radius 2 is 1.22 bits per heavy atom. The van der Waals surface area contributed by atoms with Crippen molar-refractivity contribution in [2.45, 2.75) is 59.7 Å². The number of hydrogen-bond donors (Lipinski definition) is 11. The number of carboxylic acids is 1. The van der Waals surface area contributed by atoms with Gasteiger partial charge in [0.25, 0.3) is 41.4 Å². The Balaban J connectivity index is 1.36. The number of carbonyl (C=O) groups excluding carboxylic acids is 9. The zero-order valence-electron chi connectivity index (χ0n) is 43.8. The second kappa shape index (κ2) is 24.7. The van der Waals surface area contributed by atoms with Crippen LogP contribution in [0.1, 0.15) is 98.8 Å². The molecule has 6 heterocycles. The molecule has 0 saturated carbocycles.